The van der Waals surface area contributed by atoms with E-state index in [4.69, 9.17) is 0 Å². The van der Waals surface area contributed by atoms with Gasteiger partial charge in [0, 0.05) is 9.79 Å². The molecule has 0 bridgehead atoms. The van der Waals surface area contributed by atoms with Gasteiger partial charge in [-0.3, -0.25) is 0 Å². The highest BCUT2D eigenvalue weighted by molar-refractivity contribution is 7.98. The van der Waals surface area contributed by atoms with E-state index in [0.29, 0.717) is 0 Å². The number of hydrogen-bond donors (Lipinski definition) is 1. The van der Waals surface area contributed by atoms with Crippen molar-refractivity contribution in [2.24, 2.45) is 0 Å². The second-order valence-electron chi connectivity index (χ2n) is 3.75. The summed E-state index contributed by atoms with van der Waals surface area (Å²) in [5, 5.41) is 0. The molecule has 0 spiro atoms. The van der Waals surface area contributed by atoms with E-state index in [1.165, 1.54) is 21.6 Å². The van der Waals surface area contributed by atoms with E-state index in [0.717, 1.165) is 4.90 Å². The van der Waals surface area contributed by atoms with E-state index >= 15 is 0 Å². The van der Waals surface area contributed by atoms with Gasteiger partial charge >= 0.3 is 0 Å². The summed E-state index contributed by atoms with van der Waals surface area (Å²) in [5.41, 5.74) is 3.82. The molecule has 16 heavy (non-hydrogen) atoms. The zero-order valence-corrected chi connectivity index (χ0v) is 11.1. The van der Waals surface area contributed by atoms with Crippen molar-refractivity contribution in [2.75, 3.05) is 6.26 Å². The molecule has 0 fully saturated rings. The molecule has 0 saturated heterocycles. The fraction of sp³-hybridized carbons (Fsp3) is 0.143. The first-order valence-corrected chi connectivity index (χ1v) is 6.82. The minimum absolute atomic E-state index is 1.01. The van der Waals surface area contributed by atoms with Crippen molar-refractivity contribution in [3.63, 3.8) is 0 Å². The lowest BCUT2D eigenvalue weighted by molar-refractivity contribution is 1.36. The Morgan fingerprint density at radius 3 is 2.56 bits per heavy atom. The molecule has 0 atom stereocenters. The molecular formula is C14H14S2. The molecule has 0 aliphatic heterocycles. The molecule has 0 radical (unpaired) electrons. The maximum Gasteiger partial charge on any atom is 0.0148 e. The number of hydrogen-bond acceptors (Lipinski definition) is 2. The highest BCUT2D eigenvalue weighted by Gasteiger charge is 2.04. The standard InChI is InChI=1S/C14H14S2/c1-10-6-7-14(16-2)13(8-10)11-4-3-5-12(15)9-11/h3-9,15H,1-2H3. The molecule has 0 heterocycles. The van der Waals surface area contributed by atoms with E-state index in [2.05, 4.69) is 56.1 Å². The quantitative estimate of drug-likeness (QED) is 0.593. The van der Waals surface area contributed by atoms with Gasteiger partial charge in [-0.1, -0.05) is 29.8 Å². The monoisotopic (exact) mass is 246 g/mol. The summed E-state index contributed by atoms with van der Waals surface area (Å²) < 4.78 is 0. The Bertz CT molecular complexity index is 504. The third-order valence-electron chi connectivity index (χ3n) is 2.51. The summed E-state index contributed by atoms with van der Waals surface area (Å²) in [6, 6.07) is 14.9. The van der Waals surface area contributed by atoms with Crippen molar-refractivity contribution in [2.45, 2.75) is 16.7 Å². The third-order valence-corrected chi connectivity index (χ3v) is 3.59. The van der Waals surface area contributed by atoms with Crippen molar-refractivity contribution < 1.29 is 0 Å². The predicted molar refractivity (Wildman–Crippen MR) is 75.6 cm³/mol. The van der Waals surface area contributed by atoms with Crippen LogP contribution in [0.3, 0.4) is 0 Å². The highest BCUT2D eigenvalue weighted by Crippen LogP contribution is 2.31. The Hall–Kier alpha value is -0.860. The molecule has 2 aromatic rings. The topological polar surface area (TPSA) is 0 Å². The molecule has 2 rings (SSSR count). The average molecular weight is 246 g/mol. The lowest BCUT2D eigenvalue weighted by Gasteiger charge is -2.09. The van der Waals surface area contributed by atoms with Gasteiger partial charge in [0.25, 0.3) is 0 Å². The van der Waals surface area contributed by atoms with Crippen LogP contribution in [-0.4, -0.2) is 6.26 Å². The lowest BCUT2D eigenvalue weighted by atomic mass is 10.0. The minimum Gasteiger partial charge on any atom is -0.143 e. The van der Waals surface area contributed by atoms with Crippen LogP contribution in [0.1, 0.15) is 5.56 Å². The van der Waals surface area contributed by atoms with Crippen molar-refractivity contribution in [1.82, 2.24) is 0 Å². The number of thiol groups is 1. The summed E-state index contributed by atoms with van der Waals surface area (Å²) in [6.45, 7) is 2.12. The average Bonchev–Trinajstić information content (AvgIpc) is 2.29. The smallest absolute Gasteiger partial charge is 0.0148 e. The number of benzene rings is 2. The Labute approximate surface area is 106 Å². The van der Waals surface area contributed by atoms with Crippen molar-refractivity contribution in [1.29, 1.82) is 0 Å². The van der Waals surface area contributed by atoms with Gasteiger partial charge < -0.3 is 0 Å². The Morgan fingerprint density at radius 1 is 1.06 bits per heavy atom. The molecule has 0 nitrogen and oxygen atoms in total. The van der Waals surface area contributed by atoms with E-state index < -0.39 is 0 Å². The minimum atomic E-state index is 1.01. The summed E-state index contributed by atoms with van der Waals surface area (Å²) in [5.74, 6) is 0. The van der Waals surface area contributed by atoms with Gasteiger partial charge in [-0.2, -0.15) is 0 Å². The van der Waals surface area contributed by atoms with Crippen LogP contribution in [0.2, 0.25) is 0 Å². The molecule has 0 saturated carbocycles. The summed E-state index contributed by atoms with van der Waals surface area (Å²) in [6.07, 6.45) is 2.11. The lowest BCUT2D eigenvalue weighted by Crippen LogP contribution is -1.84. The molecule has 0 aliphatic carbocycles. The van der Waals surface area contributed by atoms with Crippen LogP contribution in [0, 0.1) is 6.92 Å². The van der Waals surface area contributed by atoms with Crippen LogP contribution in [0.4, 0.5) is 0 Å². The van der Waals surface area contributed by atoms with E-state index in [9.17, 15) is 0 Å². The Morgan fingerprint density at radius 2 is 1.88 bits per heavy atom. The van der Waals surface area contributed by atoms with Gasteiger partial charge in [0.2, 0.25) is 0 Å². The van der Waals surface area contributed by atoms with Crippen LogP contribution >= 0.6 is 24.4 Å². The van der Waals surface area contributed by atoms with Crippen LogP contribution in [0.5, 0.6) is 0 Å². The van der Waals surface area contributed by atoms with Gasteiger partial charge in [0.15, 0.2) is 0 Å². The van der Waals surface area contributed by atoms with Crippen LogP contribution < -0.4 is 0 Å². The number of rotatable bonds is 2. The largest absolute Gasteiger partial charge is 0.143 e. The SMILES string of the molecule is CSc1ccc(C)cc1-c1cccc(S)c1. The highest BCUT2D eigenvalue weighted by atomic mass is 32.2. The van der Waals surface area contributed by atoms with Crippen molar-refractivity contribution in [3.8, 4) is 11.1 Å². The normalized spacial score (nSPS) is 10.4. The second-order valence-corrected chi connectivity index (χ2v) is 5.12. The van der Waals surface area contributed by atoms with Gasteiger partial charge in [0.1, 0.15) is 0 Å². The molecule has 0 aromatic heterocycles. The molecule has 82 valence electrons. The second kappa shape index (κ2) is 4.98. The first-order valence-electron chi connectivity index (χ1n) is 5.15. The van der Waals surface area contributed by atoms with Crippen LogP contribution in [0.15, 0.2) is 52.3 Å². The number of aryl methyl sites for hydroxylation is 1. The van der Waals surface area contributed by atoms with Crippen molar-refractivity contribution >= 4 is 24.4 Å². The zero-order valence-electron chi connectivity index (χ0n) is 9.40. The molecule has 0 aliphatic rings. The molecule has 0 N–H and O–H groups in total. The Balaban J connectivity index is 2.58. The molecule has 2 aromatic carbocycles. The van der Waals surface area contributed by atoms with Crippen LogP contribution in [-0.2, 0) is 0 Å². The third kappa shape index (κ3) is 2.45. The van der Waals surface area contributed by atoms with Crippen LogP contribution in [0.25, 0.3) is 11.1 Å². The predicted octanol–water partition coefficient (Wildman–Crippen LogP) is 4.67. The van der Waals surface area contributed by atoms with Gasteiger partial charge in [-0.15, -0.1) is 24.4 Å². The molecular weight excluding hydrogens is 232 g/mol. The van der Waals surface area contributed by atoms with E-state index in [1.54, 1.807) is 11.8 Å². The van der Waals surface area contributed by atoms with Gasteiger partial charge in [-0.25, -0.2) is 0 Å². The number of thioether (sulfide) groups is 1. The maximum atomic E-state index is 4.39. The maximum absolute atomic E-state index is 4.39. The first-order chi connectivity index (χ1) is 7.70. The van der Waals surface area contributed by atoms with E-state index in [-0.39, 0.29) is 0 Å². The molecule has 0 unspecified atom stereocenters. The fourth-order valence-corrected chi connectivity index (χ4v) is 2.55. The Kier molecular flexibility index (Phi) is 3.62. The van der Waals surface area contributed by atoms with Gasteiger partial charge in [0.05, 0.1) is 0 Å². The first kappa shape index (κ1) is 11.6. The van der Waals surface area contributed by atoms with E-state index in [1.807, 2.05) is 12.1 Å². The van der Waals surface area contributed by atoms with Gasteiger partial charge in [-0.05, 0) is 42.5 Å². The fourth-order valence-electron chi connectivity index (χ4n) is 1.72. The summed E-state index contributed by atoms with van der Waals surface area (Å²) >= 11 is 6.17. The molecule has 2 heteroatoms. The zero-order chi connectivity index (χ0) is 11.5. The summed E-state index contributed by atoms with van der Waals surface area (Å²) in [7, 11) is 0. The molecule has 0 amide bonds. The summed E-state index contributed by atoms with van der Waals surface area (Å²) in [4.78, 5) is 2.32. The van der Waals surface area contributed by atoms with Crippen molar-refractivity contribution in [3.05, 3.63) is 48.0 Å².